The molecule has 0 saturated carbocycles. The number of nitrogens with zero attached hydrogens (tertiary/aromatic N) is 4. The van der Waals surface area contributed by atoms with E-state index in [0.717, 1.165) is 25.1 Å². The Bertz CT molecular complexity index is 1180. The number of hydrogen-bond donors (Lipinski definition) is 1. The van der Waals surface area contributed by atoms with E-state index in [9.17, 15) is 18.0 Å². The number of aryl methyl sites for hydroxylation is 1. The summed E-state index contributed by atoms with van der Waals surface area (Å²) < 4.78 is 53.6. The van der Waals surface area contributed by atoms with Gasteiger partial charge in [0.2, 0.25) is 0 Å². The number of aromatic nitrogens is 3. The van der Waals surface area contributed by atoms with Gasteiger partial charge in [0, 0.05) is 37.2 Å². The van der Waals surface area contributed by atoms with Crippen LogP contribution in [0.4, 0.5) is 23.4 Å². The van der Waals surface area contributed by atoms with Crippen LogP contribution in [0.3, 0.4) is 0 Å². The maximum absolute atomic E-state index is 15.1. The van der Waals surface area contributed by atoms with E-state index in [0.29, 0.717) is 17.7 Å². The van der Waals surface area contributed by atoms with E-state index in [1.54, 1.807) is 24.0 Å². The van der Waals surface area contributed by atoms with Crippen LogP contribution in [0.5, 0.6) is 0 Å². The van der Waals surface area contributed by atoms with Crippen LogP contribution in [0, 0.1) is 18.7 Å². The van der Waals surface area contributed by atoms with Gasteiger partial charge in [-0.2, -0.15) is 13.2 Å². The second-order valence-electron chi connectivity index (χ2n) is 8.68. The molecule has 1 fully saturated rings. The smallest absolute Gasteiger partial charge is 0.368 e. The largest absolute Gasteiger partial charge is 0.417 e. The number of carbonyl (C=O) groups excluding carboxylic acids is 1. The first kappa shape index (κ1) is 24.6. The van der Waals surface area contributed by atoms with Crippen LogP contribution in [-0.4, -0.2) is 44.9 Å². The van der Waals surface area contributed by atoms with Gasteiger partial charge in [0.05, 0.1) is 17.2 Å². The van der Waals surface area contributed by atoms with Crippen LogP contribution in [0.15, 0.2) is 48.9 Å². The zero-order valence-electron chi connectivity index (χ0n) is 19.3. The summed E-state index contributed by atoms with van der Waals surface area (Å²) in [4.78, 5) is 27.7. The molecular weight excluding hydrogens is 462 g/mol. The van der Waals surface area contributed by atoms with Gasteiger partial charge in [-0.3, -0.25) is 4.79 Å². The Hall–Kier alpha value is -3.56. The minimum absolute atomic E-state index is 0.0806. The Balaban J connectivity index is 1.61. The maximum Gasteiger partial charge on any atom is 0.417 e. The number of likely N-dealkylation sites (tertiary alicyclic amines) is 1. The number of alkyl halides is 3. The van der Waals surface area contributed by atoms with Crippen LogP contribution < -0.4 is 5.32 Å². The molecule has 184 valence electrons. The number of halogens is 4. The van der Waals surface area contributed by atoms with E-state index < -0.39 is 23.5 Å². The first-order chi connectivity index (χ1) is 16.7. The van der Waals surface area contributed by atoms with Gasteiger partial charge in [-0.1, -0.05) is 13.0 Å². The fourth-order valence-electron chi connectivity index (χ4n) is 4.44. The van der Waals surface area contributed by atoms with Crippen molar-refractivity contribution in [1.29, 1.82) is 0 Å². The molecule has 1 N–H and O–H groups in total. The molecule has 0 bridgehead atoms. The summed E-state index contributed by atoms with van der Waals surface area (Å²) in [6.45, 7) is 4.46. The van der Waals surface area contributed by atoms with Crippen LogP contribution in [0.25, 0.3) is 11.4 Å². The quantitative estimate of drug-likeness (QED) is 0.491. The number of nitrogens with one attached hydrogen (secondary N) is 1. The maximum atomic E-state index is 15.1. The van der Waals surface area contributed by atoms with Crippen molar-refractivity contribution in [3.8, 4) is 11.4 Å². The molecule has 0 spiro atoms. The lowest BCUT2D eigenvalue weighted by Gasteiger charge is -2.40. The summed E-state index contributed by atoms with van der Waals surface area (Å²) in [6.07, 6.45) is 0.990. The standard InChI is InChI=1S/C25H25F4N5O/c1-15-5-3-12-34(19(15)14-33-20-9-7-17(13-32-20)25(27,28)29)24(35)22-18(26)8-6-16(2)21(22)23-30-10-4-11-31-23/h4,6-11,13,15,19H,3,5,12,14H2,1-2H3,(H,32,33). The molecule has 3 aromatic rings. The topological polar surface area (TPSA) is 71.0 Å². The number of amides is 1. The van der Waals surface area contributed by atoms with E-state index in [-0.39, 0.29) is 35.7 Å². The molecule has 2 atom stereocenters. The molecule has 1 aromatic carbocycles. The number of piperidine rings is 1. The number of benzene rings is 1. The summed E-state index contributed by atoms with van der Waals surface area (Å²) in [6, 6.07) is 6.39. The molecular formula is C25H25F4N5O. The lowest BCUT2D eigenvalue weighted by atomic mass is 9.89. The number of rotatable bonds is 5. The Morgan fingerprint density at radius 2 is 1.89 bits per heavy atom. The van der Waals surface area contributed by atoms with E-state index in [1.165, 1.54) is 24.5 Å². The first-order valence-electron chi connectivity index (χ1n) is 11.3. The zero-order valence-corrected chi connectivity index (χ0v) is 19.3. The minimum atomic E-state index is -4.47. The average Bonchev–Trinajstić information content (AvgIpc) is 2.84. The van der Waals surface area contributed by atoms with Crippen LogP contribution in [0.1, 0.15) is 41.3 Å². The van der Waals surface area contributed by atoms with Crippen molar-refractivity contribution in [3.05, 3.63) is 71.4 Å². The highest BCUT2D eigenvalue weighted by molar-refractivity contribution is 6.01. The number of pyridine rings is 1. The Morgan fingerprint density at radius 1 is 1.14 bits per heavy atom. The molecule has 0 radical (unpaired) electrons. The van der Waals surface area contributed by atoms with Crippen molar-refractivity contribution in [2.75, 3.05) is 18.4 Å². The van der Waals surface area contributed by atoms with Gasteiger partial charge < -0.3 is 10.2 Å². The molecule has 10 heteroatoms. The molecule has 3 heterocycles. The Labute approximate surface area is 200 Å². The molecule has 1 aliphatic rings. The predicted octanol–water partition coefficient (Wildman–Crippen LogP) is 5.36. The molecule has 1 saturated heterocycles. The van der Waals surface area contributed by atoms with Gasteiger partial charge in [-0.05, 0) is 55.5 Å². The van der Waals surface area contributed by atoms with Gasteiger partial charge in [0.1, 0.15) is 11.6 Å². The summed E-state index contributed by atoms with van der Waals surface area (Å²) in [7, 11) is 0. The highest BCUT2D eigenvalue weighted by atomic mass is 19.4. The van der Waals surface area contributed by atoms with Crippen molar-refractivity contribution in [3.63, 3.8) is 0 Å². The van der Waals surface area contributed by atoms with Crippen LogP contribution in [-0.2, 0) is 6.18 Å². The molecule has 1 amide bonds. The molecule has 2 aromatic heterocycles. The molecule has 4 rings (SSSR count). The van der Waals surface area contributed by atoms with Gasteiger partial charge in [-0.25, -0.2) is 19.3 Å². The fourth-order valence-corrected chi connectivity index (χ4v) is 4.44. The normalized spacial score (nSPS) is 18.4. The molecule has 0 aliphatic carbocycles. The van der Waals surface area contributed by atoms with Crippen molar-refractivity contribution in [1.82, 2.24) is 19.9 Å². The third kappa shape index (κ3) is 5.26. The molecule has 2 unspecified atom stereocenters. The SMILES string of the molecule is Cc1ccc(F)c(C(=O)N2CCCC(C)C2CNc2ccc(C(F)(F)F)cn2)c1-c1ncccn1. The summed E-state index contributed by atoms with van der Waals surface area (Å²) in [5.74, 6) is -0.506. The Morgan fingerprint density at radius 3 is 2.54 bits per heavy atom. The van der Waals surface area contributed by atoms with Gasteiger partial charge in [0.25, 0.3) is 5.91 Å². The van der Waals surface area contributed by atoms with Crippen molar-refractivity contribution >= 4 is 11.7 Å². The van der Waals surface area contributed by atoms with Crippen molar-refractivity contribution in [2.45, 2.75) is 38.9 Å². The van der Waals surface area contributed by atoms with Gasteiger partial charge >= 0.3 is 6.18 Å². The summed E-state index contributed by atoms with van der Waals surface area (Å²) >= 11 is 0. The third-order valence-electron chi connectivity index (χ3n) is 6.33. The molecule has 35 heavy (non-hydrogen) atoms. The van der Waals surface area contributed by atoms with Crippen LogP contribution >= 0.6 is 0 Å². The average molecular weight is 488 g/mol. The number of hydrogen-bond acceptors (Lipinski definition) is 5. The predicted molar refractivity (Wildman–Crippen MR) is 123 cm³/mol. The minimum Gasteiger partial charge on any atom is -0.368 e. The highest BCUT2D eigenvalue weighted by Gasteiger charge is 2.35. The summed E-state index contributed by atoms with van der Waals surface area (Å²) in [5, 5.41) is 3.04. The number of carbonyl (C=O) groups is 1. The van der Waals surface area contributed by atoms with Crippen molar-refractivity contribution < 1.29 is 22.4 Å². The lowest BCUT2D eigenvalue weighted by molar-refractivity contribution is -0.137. The third-order valence-corrected chi connectivity index (χ3v) is 6.33. The lowest BCUT2D eigenvalue weighted by Crippen LogP contribution is -2.51. The number of anilines is 1. The second-order valence-corrected chi connectivity index (χ2v) is 8.68. The van der Waals surface area contributed by atoms with Crippen molar-refractivity contribution in [2.24, 2.45) is 5.92 Å². The van der Waals surface area contributed by atoms with E-state index in [1.807, 2.05) is 6.92 Å². The molecule has 6 nitrogen and oxygen atoms in total. The van der Waals surface area contributed by atoms with E-state index in [2.05, 4.69) is 20.3 Å². The second kappa shape index (κ2) is 9.97. The monoisotopic (exact) mass is 487 g/mol. The highest BCUT2D eigenvalue weighted by Crippen LogP contribution is 2.32. The fraction of sp³-hybridized carbons (Fsp3) is 0.360. The first-order valence-corrected chi connectivity index (χ1v) is 11.3. The summed E-state index contributed by atoms with van der Waals surface area (Å²) in [5.41, 5.74) is 0.110. The Kier molecular flexibility index (Phi) is 7.00. The van der Waals surface area contributed by atoms with Gasteiger partial charge in [-0.15, -0.1) is 0 Å². The molecule has 1 aliphatic heterocycles. The zero-order chi connectivity index (χ0) is 25.2. The van der Waals surface area contributed by atoms with E-state index in [4.69, 9.17) is 0 Å². The van der Waals surface area contributed by atoms with Crippen LogP contribution in [0.2, 0.25) is 0 Å². The van der Waals surface area contributed by atoms with E-state index >= 15 is 4.39 Å². The van der Waals surface area contributed by atoms with Gasteiger partial charge in [0.15, 0.2) is 5.82 Å².